The lowest BCUT2D eigenvalue weighted by molar-refractivity contribution is 0.0935. The predicted octanol–water partition coefficient (Wildman–Crippen LogP) is 3.41. The van der Waals surface area contributed by atoms with Crippen molar-refractivity contribution in [2.24, 2.45) is 0 Å². The first-order chi connectivity index (χ1) is 9.65. The molecule has 1 aromatic heterocycles. The third kappa shape index (κ3) is 2.57. The van der Waals surface area contributed by atoms with Crippen LogP contribution in [0.2, 0.25) is 0 Å². The average molecular weight is 288 g/mol. The Bertz CT molecular complexity index is 641. The van der Waals surface area contributed by atoms with Gasteiger partial charge in [0.25, 0.3) is 5.91 Å². The third-order valence-electron chi connectivity index (χ3n) is 4.13. The molecule has 1 amide bonds. The Morgan fingerprint density at radius 3 is 2.80 bits per heavy atom. The van der Waals surface area contributed by atoms with E-state index in [0.29, 0.717) is 6.04 Å². The van der Waals surface area contributed by atoms with E-state index in [4.69, 9.17) is 0 Å². The maximum atomic E-state index is 12.3. The van der Waals surface area contributed by atoms with Gasteiger partial charge in [-0.05, 0) is 62.0 Å². The van der Waals surface area contributed by atoms with E-state index in [1.165, 1.54) is 11.3 Å². The summed E-state index contributed by atoms with van der Waals surface area (Å²) in [6, 6.07) is 6.25. The fraction of sp³-hybridized carbons (Fsp3) is 0.438. The minimum Gasteiger partial charge on any atom is -0.358 e. The molecule has 0 unspecified atom stereocenters. The zero-order valence-electron chi connectivity index (χ0n) is 12.0. The quantitative estimate of drug-likeness (QED) is 0.889. The number of fused-ring (bicyclic) bond motifs is 1. The number of nitrogens with one attached hydrogen (secondary N) is 2. The average Bonchev–Trinajstić information content (AvgIpc) is 2.75. The van der Waals surface area contributed by atoms with Gasteiger partial charge in [-0.25, -0.2) is 0 Å². The molecule has 4 heteroatoms. The highest BCUT2D eigenvalue weighted by molar-refractivity contribution is 7.99. The molecule has 106 valence electrons. The number of H-pyrrole nitrogens is 1. The molecule has 20 heavy (non-hydrogen) atoms. The minimum atomic E-state index is 0.0575. The van der Waals surface area contributed by atoms with E-state index in [0.717, 1.165) is 40.8 Å². The largest absolute Gasteiger partial charge is 0.358 e. The SMILES string of the molecule is Cc1[nH]c2ccc(C(=O)NC3CCSCC3)cc2c1C. The summed E-state index contributed by atoms with van der Waals surface area (Å²) in [6.45, 7) is 4.16. The van der Waals surface area contributed by atoms with Crippen LogP contribution in [0.5, 0.6) is 0 Å². The Morgan fingerprint density at radius 1 is 1.30 bits per heavy atom. The molecule has 0 spiro atoms. The molecule has 1 aliphatic rings. The van der Waals surface area contributed by atoms with Crippen molar-refractivity contribution in [3.8, 4) is 0 Å². The molecule has 1 saturated heterocycles. The van der Waals surface area contributed by atoms with E-state index < -0.39 is 0 Å². The second-order valence-corrected chi connectivity index (χ2v) is 6.72. The molecule has 0 aliphatic carbocycles. The van der Waals surface area contributed by atoms with Gasteiger partial charge in [0, 0.05) is 28.2 Å². The molecule has 1 aliphatic heterocycles. The Labute approximate surface area is 123 Å². The topological polar surface area (TPSA) is 44.9 Å². The third-order valence-corrected chi connectivity index (χ3v) is 5.18. The van der Waals surface area contributed by atoms with Crippen LogP contribution in [0.1, 0.15) is 34.5 Å². The Kier molecular flexibility index (Phi) is 3.74. The van der Waals surface area contributed by atoms with Crippen molar-refractivity contribution in [1.29, 1.82) is 0 Å². The Hall–Kier alpha value is -1.42. The zero-order valence-corrected chi connectivity index (χ0v) is 12.8. The number of aryl methyl sites for hydroxylation is 2. The van der Waals surface area contributed by atoms with E-state index in [2.05, 4.69) is 24.1 Å². The van der Waals surface area contributed by atoms with Gasteiger partial charge < -0.3 is 10.3 Å². The van der Waals surface area contributed by atoms with Crippen molar-refractivity contribution in [3.05, 3.63) is 35.0 Å². The zero-order chi connectivity index (χ0) is 14.1. The molecular weight excluding hydrogens is 268 g/mol. The maximum absolute atomic E-state index is 12.3. The van der Waals surface area contributed by atoms with E-state index in [9.17, 15) is 4.79 Å². The Morgan fingerprint density at radius 2 is 2.05 bits per heavy atom. The number of amides is 1. The number of benzene rings is 1. The molecule has 0 atom stereocenters. The van der Waals surface area contributed by atoms with Gasteiger partial charge in [-0.15, -0.1) is 0 Å². The van der Waals surface area contributed by atoms with Gasteiger partial charge >= 0.3 is 0 Å². The first-order valence-electron chi connectivity index (χ1n) is 7.12. The number of aromatic amines is 1. The molecule has 1 aromatic carbocycles. The van der Waals surface area contributed by atoms with Gasteiger partial charge in [0.05, 0.1) is 0 Å². The molecule has 2 aromatic rings. The summed E-state index contributed by atoms with van der Waals surface area (Å²) in [5, 5.41) is 4.31. The fourth-order valence-electron chi connectivity index (χ4n) is 2.71. The molecule has 3 rings (SSSR count). The second kappa shape index (κ2) is 5.52. The lowest BCUT2D eigenvalue weighted by Gasteiger charge is -2.22. The van der Waals surface area contributed by atoms with Crippen LogP contribution >= 0.6 is 11.8 Å². The van der Waals surface area contributed by atoms with Crippen LogP contribution in [-0.4, -0.2) is 28.4 Å². The van der Waals surface area contributed by atoms with Gasteiger partial charge in [-0.2, -0.15) is 11.8 Å². The van der Waals surface area contributed by atoms with Crippen molar-refractivity contribution >= 4 is 28.6 Å². The van der Waals surface area contributed by atoms with Crippen molar-refractivity contribution in [2.75, 3.05) is 11.5 Å². The number of hydrogen-bond donors (Lipinski definition) is 2. The minimum absolute atomic E-state index is 0.0575. The smallest absolute Gasteiger partial charge is 0.251 e. The predicted molar refractivity (Wildman–Crippen MR) is 85.6 cm³/mol. The molecule has 2 N–H and O–H groups in total. The summed E-state index contributed by atoms with van der Waals surface area (Å²) < 4.78 is 0. The van der Waals surface area contributed by atoms with Gasteiger partial charge in [0.15, 0.2) is 0 Å². The van der Waals surface area contributed by atoms with Crippen molar-refractivity contribution < 1.29 is 4.79 Å². The highest BCUT2D eigenvalue weighted by Gasteiger charge is 2.17. The monoisotopic (exact) mass is 288 g/mol. The number of thioether (sulfide) groups is 1. The fourth-order valence-corrected chi connectivity index (χ4v) is 3.82. The van der Waals surface area contributed by atoms with Crippen LogP contribution in [0.4, 0.5) is 0 Å². The molecule has 0 bridgehead atoms. The first kappa shape index (κ1) is 13.6. The lowest BCUT2D eigenvalue weighted by Crippen LogP contribution is -2.37. The van der Waals surface area contributed by atoms with Crippen LogP contribution in [0.15, 0.2) is 18.2 Å². The Balaban J connectivity index is 1.82. The number of rotatable bonds is 2. The molecule has 1 fully saturated rings. The van der Waals surface area contributed by atoms with E-state index in [-0.39, 0.29) is 5.91 Å². The molecule has 0 saturated carbocycles. The first-order valence-corrected chi connectivity index (χ1v) is 8.28. The van der Waals surface area contributed by atoms with Crippen LogP contribution in [0.25, 0.3) is 10.9 Å². The van der Waals surface area contributed by atoms with Crippen molar-refractivity contribution in [3.63, 3.8) is 0 Å². The summed E-state index contributed by atoms with van der Waals surface area (Å²) >= 11 is 1.97. The van der Waals surface area contributed by atoms with Crippen molar-refractivity contribution in [1.82, 2.24) is 10.3 Å². The normalized spacial score (nSPS) is 16.5. The number of hydrogen-bond acceptors (Lipinski definition) is 2. The van der Waals surface area contributed by atoms with Gasteiger partial charge in [-0.3, -0.25) is 4.79 Å². The van der Waals surface area contributed by atoms with E-state index in [1.54, 1.807) is 0 Å². The van der Waals surface area contributed by atoms with Crippen LogP contribution in [0, 0.1) is 13.8 Å². The van der Waals surface area contributed by atoms with Crippen molar-refractivity contribution in [2.45, 2.75) is 32.7 Å². The summed E-state index contributed by atoms with van der Waals surface area (Å²) in [5.74, 6) is 2.36. The lowest BCUT2D eigenvalue weighted by atomic mass is 10.1. The van der Waals surface area contributed by atoms with Gasteiger partial charge in [-0.1, -0.05) is 0 Å². The standard InChI is InChI=1S/C16H20N2OS/c1-10-11(2)17-15-4-3-12(9-14(10)15)16(19)18-13-5-7-20-8-6-13/h3-4,9,13,17H,5-8H2,1-2H3,(H,18,19). The van der Waals surface area contributed by atoms with Crippen LogP contribution in [0.3, 0.4) is 0 Å². The summed E-state index contributed by atoms with van der Waals surface area (Å²) in [6.07, 6.45) is 2.17. The molecule has 3 nitrogen and oxygen atoms in total. The summed E-state index contributed by atoms with van der Waals surface area (Å²) in [5.41, 5.74) is 4.26. The maximum Gasteiger partial charge on any atom is 0.251 e. The van der Waals surface area contributed by atoms with E-state index >= 15 is 0 Å². The number of aromatic nitrogens is 1. The second-order valence-electron chi connectivity index (χ2n) is 5.50. The van der Waals surface area contributed by atoms with Gasteiger partial charge in [0.2, 0.25) is 0 Å². The highest BCUT2D eigenvalue weighted by atomic mass is 32.2. The van der Waals surface area contributed by atoms with Gasteiger partial charge in [0.1, 0.15) is 0 Å². The van der Waals surface area contributed by atoms with Crippen LogP contribution in [-0.2, 0) is 0 Å². The summed E-state index contributed by atoms with van der Waals surface area (Å²) in [4.78, 5) is 15.7. The van der Waals surface area contributed by atoms with Crippen LogP contribution < -0.4 is 5.32 Å². The summed E-state index contributed by atoms with van der Waals surface area (Å²) in [7, 11) is 0. The number of carbonyl (C=O) groups excluding carboxylic acids is 1. The molecular formula is C16H20N2OS. The highest BCUT2D eigenvalue weighted by Crippen LogP contribution is 2.23. The van der Waals surface area contributed by atoms with E-state index in [1.807, 2.05) is 30.0 Å². The molecule has 2 heterocycles. The molecule has 0 radical (unpaired) electrons. The number of carbonyl (C=O) groups is 1.